The highest BCUT2D eigenvalue weighted by Gasteiger charge is 2.38. The Bertz CT molecular complexity index is 387. The number of ether oxygens (including phenoxy) is 1. The predicted octanol–water partition coefficient (Wildman–Crippen LogP) is 2.85. The van der Waals surface area contributed by atoms with Gasteiger partial charge in [-0.15, -0.1) is 24.0 Å². The lowest BCUT2D eigenvalue weighted by Gasteiger charge is -2.22. The Kier molecular flexibility index (Phi) is 9.89. The van der Waals surface area contributed by atoms with Gasteiger partial charge < -0.3 is 15.4 Å². The zero-order valence-corrected chi connectivity index (χ0v) is 18.4. The third-order valence-electron chi connectivity index (χ3n) is 5.05. The lowest BCUT2D eigenvalue weighted by atomic mass is 10.0. The van der Waals surface area contributed by atoms with Crippen LogP contribution in [0.15, 0.2) is 4.99 Å². The molecule has 0 amide bonds. The highest BCUT2D eigenvalue weighted by molar-refractivity contribution is 14.0. The average molecular weight is 452 g/mol. The van der Waals surface area contributed by atoms with E-state index in [1.165, 1.54) is 19.3 Å². The molecule has 1 aliphatic heterocycles. The highest BCUT2D eigenvalue weighted by Crippen LogP contribution is 2.33. The van der Waals surface area contributed by atoms with E-state index in [9.17, 15) is 0 Å². The van der Waals surface area contributed by atoms with E-state index in [1.807, 2.05) is 7.05 Å². The summed E-state index contributed by atoms with van der Waals surface area (Å²) >= 11 is 0. The van der Waals surface area contributed by atoms with Crippen molar-refractivity contribution in [2.75, 3.05) is 26.7 Å². The smallest absolute Gasteiger partial charge is 0.191 e. The number of hydrogen-bond donors (Lipinski definition) is 2. The number of halogens is 1. The van der Waals surface area contributed by atoms with Crippen LogP contribution in [0.25, 0.3) is 0 Å². The number of rotatable bonds is 8. The first-order valence-corrected chi connectivity index (χ1v) is 9.39. The van der Waals surface area contributed by atoms with Gasteiger partial charge in [0.1, 0.15) is 0 Å². The molecule has 1 saturated heterocycles. The van der Waals surface area contributed by atoms with Crippen molar-refractivity contribution in [1.82, 2.24) is 15.5 Å². The summed E-state index contributed by atoms with van der Waals surface area (Å²) in [5, 5.41) is 7.05. The molecule has 3 unspecified atom stereocenters. The molecule has 2 N–H and O–H groups in total. The van der Waals surface area contributed by atoms with Crippen LogP contribution in [0.1, 0.15) is 53.4 Å². The lowest BCUT2D eigenvalue weighted by Crippen LogP contribution is -2.45. The van der Waals surface area contributed by atoms with Crippen molar-refractivity contribution in [1.29, 1.82) is 0 Å². The van der Waals surface area contributed by atoms with Gasteiger partial charge >= 0.3 is 0 Å². The molecule has 0 bridgehead atoms. The van der Waals surface area contributed by atoms with E-state index in [-0.39, 0.29) is 24.0 Å². The number of hydrogen-bond acceptors (Lipinski definition) is 3. The van der Waals surface area contributed by atoms with Crippen molar-refractivity contribution >= 4 is 29.9 Å². The van der Waals surface area contributed by atoms with Crippen LogP contribution in [0.3, 0.4) is 0 Å². The molecule has 0 aromatic carbocycles. The van der Waals surface area contributed by atoms with Gasteiger partial charge in [-0.05, 0) is 45.4 Å². The van der Waals surface area contributed by atoms with E-state index >= 15 is 0 Å². The van der Waals surface area contributed by atoms with Crippen LogP contribution in [0.2, 0.25) is 0 Å². The fourth-order valence-corrected chi connectivity index (χ4v) is 3.62. The van der Waals surface area contributed by atoms with Crippen molar-refractivity contribution in [3.63, 3.8) is 0 Å². The molecule has 2 aliphatic rings. The Morgan fingerprint density at radius 3 is 2.58 bits per heavy atom. The summed E-state index contributed by atoms with van der Waals surface area (Å²) in [6.07, 6.45) is 5.32. The lowest BCUT2D eigenvalue weighted by molar-refractivity contribution is 0.0258. The largest absolute Gasteiger partial charge is 0.378 e. The molecule has 0 aromatic heterocycles. The summed E-state index contributed by atoms with van der Waals surface area (Å²) in [5.41, 5.74) is 0. The fraction of sp³-hybridized carbons (Fsp3) is 0.944. The van der Waals surface area contributed by atoms with Gasteiger partial charge in [0, 0.05) is 44.9 Å². The Hall–Kier alpha value is -0.0800. The second-order valence-corrected chi connectivity index (χ2v) is 7.38. The number of nitrogens with one attached hydrogen (secondary N) is 2. The molecule has 24 heavy (non-hydrogen) atoms. The maximum absolute atomic E-state index is 5.81. The van der Waals surface area contributed by atoms with Crippen LogP contribution in [-0.4, -0.2) is 61.8 Å². The maximum Gasteiger partial charge on any atom is 0.191 e. The summed E-state index contributed by atoms with van der Waals surface area (Å²) in [6, 6.07) is 2.07. The van der Waals surface area contributed by atoms with Gasteiger partial charge in [-0.1, -0.05) is 13.8 Å². The second kappa shape index (κ2) is 10.8. The second-order valence-electron chi connectivity index (χ2n) is 7.38. The minimum absolute atomic E-state index is 0. The Balaban J connectivity index is 0.00000288. The minimum Gasteiger partial charge on any atom is -0.378 e. The van der Waals surface area contributed by atoms with E-state index in [0.717, 1.165) is 38.1 Å². The van der Waals surface area contributed by atoms with Crippen LogP contribution < -0.4 is 10.6 Å². The van der Waals surface area contributed by atoms with E-state index in [4.69, 9.17) is 4.74 Å². The third kappa shape index (κ3) is 6.67. The number of nitrogens with zero attached hydrogens (tertiary/aromatic N) is 2. The molecule has 0 radical (unpaired) electrons. The molecule has 2 fully saturated rings. The number of aliphatic imine (C=N–C) groups is 1. The topological polar surface area (TPSA) is 48.9 Å². The van der Waals surface area contributed by atoms with Crippen LogP contribution in [0.4, 0.5) is 0 Å². The van der Waals surface area contributed by atoms with E-state index < -0.39 is 0 Å². The van der Waals surface area contributed by atoms with Crippen molar-refractivity contribution in [2.45, 2.75) is 77.6 Å². The van der Waals surface area contributed by atoms with Crippen molar-refractivity contribution in [2.24, 2.45) is 10.9 Å². The van der Waals surface area contributed by atoms with E-state index in [2.05, 4.69) is 48.2 Å². The van der Waals surface area contributed by atoms with Crippen LogP contribution in [0.5, 0.6) is 0 Å². The molecule has 1 aliphatic carbocycles. The van der Waals surface area contributed by atoms with E-state index in [0.29, 0.717) is 24.1 Å². The van der Waals surface area contributed by atoms with Crippen molar-refractivity contribution < 1.29 is 4.74 Å². The highest BCUT2D eigenvalue weighted by atomic mass is 127. The third-order valence-corrected chi connectivity index (χ3v) is 5.05. The van der Waals surface area contributed by atoms with Crippen molar-refractivity contribution in [3.05, 3.63) is 0 Å². The Morgan fingerprint density at radius 2 is 2.04 bits per heavy atom. The molecule has 2 rings (SSSR count). The Labute approximate surface area is 165 Å². The van der Waals surface area contributed by atoms with Crippen LogP contribution >= 0.6 is 24.0 Å². The van der Waals surface area contributed by atoms with Gasteiger partial charge in [0.15, 0.2) is 5.96 Å². The molecule has 142 valence electrons. The summed E-state index contributed by atoms with van der Waals surface area (Å²) in [6.45, 7) is 11.7. The van der Waals surface area contributed by atoms with Crippen LogP contribution in [0, 0.1) is 5.92 Å². The molecule has 1 saturated carbocycles. The summed E-state index contributed by atoms with van der Waals surface area (Å²) in [4.78, 5) is 7.05. The van der Waals surface area contributed by atoms with Crippen molar-refractivity contribution in [3.8, 4) is 0 Å². The fourth-order valence-electron chi connectivity index (χ4n) is 3.62. The molecule has 0 aromatic rings. The first kappa shape index (κ1) is 22.0. The summed E-state index contributed by atoms with van der Waals surface area (Å²) < 4.78 is 5.81. The van der Waals surface area contributed by atoms with Gasteiger partial charge in [-0.25, -0.2) is 0 Å². The van der Waals surface area contributed by atoms with Gasteiger partial charge in [-0.3, -0.25) is 9.89 Å². The van der Waals surface area contributed by atoms with E-state index in [1.54, 1.807) is 0 Å². The summed E-state index contributed by atoms with van der Waals surface area (Å²) in [7, 11) is 1.86. The standard InChI is InChI=1S/C18H36N4O.HI/c1-6-23-17(13(2)3)9-10-20-18(19-5)21-15-11-14(4)22(12-15)16-7-8-16;/h13-17H,6-12H2,1-5H3,(H2,19,20,21);1H. The zero-order valence-electron chi connectivity index (χ0n) is 16.0. The maximum atomic E-state index is 5.81. The van der Waals surface area contributed by atoms with Crippen LogP contribution in [-0.2, 0) is 4.74 Å². The molecular formula is C18H37IN4O. The molecule has 6 heteroatoms. The summed E-state index contributed by atoms with van der Waals surface area (Å²) in [5.74, 6) is 1.48. The number of guanidine groups is 1. The first-order chi connectivity index (χ1) is 11.0. The van der Waals surface area contributed by atoms with Gasteiger partial charge in [0.2, 0.25) is 0 Å². The molecular weight excluding hydrogens is 415 g/mol. The average Bonchev–Trinajstić information content (AvgIpc) is 3.29. The molecule has 3 atom stereocenters. The minimum atomic E-state index is 0. The number of likely N-dealkylation sites (tertiary alicyclic amines) is 1. The zero-order chi connectivity index (χ0) is 16.8. The first-order valence-electron chi connectivity index (χ1n) is 9.39. The SMILES string of the molecule is CCOC(CCNC(=NC)NC1CC(C)N(C2CC2)C1)C(C)C.I. The predicted molar refractivity (Wildman–Crippen MR) is 112 cm³/mol. The van der Waals surface area contributed by atoms with Gasteiger partial charge in [-0.2, -0.15) is 0 Å². The quantitative estimate of drug-likeness (QED) is 0.338. The molecule has 5 nitrogen and oxygen atoms in total. The normalized spacial score (nSPS) is 26.3. The van der Waals surface area contributed by atoms with Gasteiger partial charge in [0.05, 0.1) is 6.10 Å². The van der Waals surface area contributed by atoms with Gasteiger partial charge in [0.25, 0.3) is 0 Å². The monoisotopic (exact) mass is 452 g/mol. The Morgan fingerprint density at radius 1 is 1.33 bits per heavy atom. The molecule has 0 spiro atoms. The molecule has 1 heterocycles.